The van der Waals surface area contributed by atoms with E-state index in [-0.39, 0.29) is 17.7 Å². The molecule has 1 atom stereocenters. The molecule has 0 saturated heterocycles. The van der Waals surface area contributed by atoms with E-state index in [2.05, 4.69) is 13.0 Å². The van der Waals surface area contributed by atoms with Crippen LogP contribution in [0.4, 0.5) is 0 Å². The van der Waals surface area contributed by atoms with E-state index in [0.717, 1.165) is 23.1 Å². The van der Waals surface area contributed by atoms with Gasteiger partial charge in [0, 0.05) is 24.8 Å². The third kappa shape index (κ3) is 2.55. The third-order valence-electron chi connectivity index (χ3n) is 3.89. The van der Waals surface area contributed by atoms with E-state index >= 15 is 0 Å². The van der Waals surface area contributed by atoms with Crippen LogP contribution >= 0.6 is 0 Å². The molecule has 2 rings (SSSR count). The zero-order valence-electron chi connectivity index (χ0n) is 12.0. The summed E-state index contributed by atoms with van der Waals surface area (Å²) in [6.07, 6.45) is 1.52. The molecule has 0 aromatic heterocycles. The predicted octanol–water partition coefficient (Wildman–Crippen LogP) is 2.78. The first kappa shape index (κ1) is 13.8. The van der Waals surface area contributed by atoms with Gasteiger partial charge >= 0.3 is 5.97 Å². The first-order chi connectivity index (χ1) is 8.91. The van der Waals surface area contributed by atoms with Crippen molar-refractivity contribution in [2.75, 3.05) is 6.61 Å². The molecule has 0 radical (unpaired) electrons. The molecule has 102 valence electrons. The number of ketones is 1. The minimum atomic E-state index is -0.263. The van der Waals surface area contributed by atoms with E-state index in [4.69, 9.17) is 4.74 Å². The Morgan fingerprint density at radius 2 is 2.11 bits per heavy atom. The van der Waals surface area contributed by atoms with Crippen molar-refractivity contribution < 1.29 is 14.3 Å². The molecule has 0 N–H and O–H groups in total. The van der Waals surface area contributed by atoms with Gasteiger partial charge in [0.1, 0.15) is 0 Å². The number of hydrogen-bond acceptors (Lipinski definition) is 3. The minimum Gasteiger partial charge on any atom is -0.466 e. The summed E-state index contributed by atoms with van der Waals surface area (Å²) in [5.74, 6) is 0.0826. The molecule has 0 amide bonds. The van der Waals surface area contributed by atoms with Gasteiger partial charge in [0.25, 0.3) is 0 Å². The second-order valence-corrected chi connectivity index (χ2v) is 5.39. The number of aryl methyl sites for hydroxylation is 1. The van der Waals surface area contributed by atoms with Crippen molar-refractivity contribution in [1.29, 1.82) is 0 Å². The second-order valence-electron chi connectivity index (χ2n) is 5.39. The van der Waals surface area contributed by atoms with Crippen molar-refractivity contribution in [3.05, 3.63) is 33.9 Å². The Morgan fingerprint density at radius 1 is 1.42 bits per heavy atom. The van der Waals surface area contributed by atoms with E-state index < -0.39 is 0 Å². The zero-order chi connectivity index (χ0) is 14.2. The monoisotopic (exact) mass is 260 g/mol. The van der Waals surface area contributed by atoms with Gasteiger partial charge in [-0.1, -0.05) is 13.0 Å². The topological polar surface area (TPSA) is 43.4 Å². The van der Waals surface area contributed by atoms with Crippen molar-refractivity contribution >= 4 is 11.8 Å². The molecule has 19 heavy (non-hydrogen) atoms. The minimum absolute atomic E-state index is 0.0943. The number of fused-ring (bicyclic) bond motifs is 1. The van der Waals surface area contributed by atoms with Crippen LogP contribution < -0.4 is 0 Å². The van der Waals surface area contributed by atoms with Crippen LogP contribution in [0.25, 0.3) is 0 Å². The Morgan fingerprint density at radius 3 is 2.74 bits per heavy atom. The Bertz CT molecular complexity index is 543. The molecule has 0 fully saturated rings. The Balaban J connectivity index is 2.31. The summed E-state index contributed by atoms with van der Waals surface area (Å²) < 4.78 is 5.00. The maximum Gasteiger partial charge on any atom is 0.302 e. The quantitative estimate of drug-likeness (QED) is 0.785. The van der Waals surface area contributed by atoms with Gasteiger partial charge in [-0.05, 0) is 42.5 Å². The third-order valence-corrected chi connectivity index (χ3v) is 3.89. The van der Waals surface area contributed by atoms with Gasteiger partial charge in [0.2, 0.25) is 0 Å². The van der Waals surface area contributed by atoms with Crippen LogP contribution in [0.15, 0.2) is 6.07 Å². The zero-order valence-corrected chi connectivity index (χ0v) is 12.0. The molecule has 0 aliphatic heterocycles. The molecule has 0 bridgehead atoms. The van der Waals surface area contributed by atoms with Gasteiger partial charge in [0.05, 0.1) is 6.61 Å². The van der Waals surface area contributed by atoms with Crippen molar-refractivity contribution in [1.82, 2.24) is 0 Å². The number of rotatable bonds is 3. The van der Waals surface area contributed by atoms with Crippen LogP contribution in [0, 0.1) is 19.8 Å². The number of Topliss-reactive ketones (excluding diaryl/α,β-unsaturated/α-hetero) is 1. The molecule has 0 unspecified atom stereocenters. The van der Waals surface area contributed by atoms with E-state index in [1.807, 2.05) is 13.8 Å². The largest absolute Gasteiger partial charge is 0.466 e. The van der Waals surface area contributed by atoms with E-state index in [0.29, 0.717) is 13.0 Å². The molecule has 1 aromatic rings. The Kier molecular flexibility index (Phi) is 3.74. The summed E-state index contributed by atoms with van der Waals surface area (Å²) >= 11 is 0. The summed E-state index contributed by atoms with van der Waals surface area (Å²) in [5.41, 5.74) is 5.46. The predicted molar refractivity (Wildman–Crippen MR) is 73.5 cm³/mol. The van der Waals surface area contributed by atoms with Crippen molar-refractivity contribution in [2.24, 2.45) is 5.92 Å². The summed E-state index contributed by atoms with van der Waals surface area (Å²) in [4.78, 5) is 23.0. The number of esters is 1. The number of carbonyl (C=O) groups excluding carboxylic acids is 2. The molecule has 1 aliphatic carbocycles. The molecule has 0 spiro atoms. The fraction of sp³-hybridized carbons (Fsp3) is 0.500. The van der Waals surface area contributed by atoms with Crippen molar-refractivity contribution in [3.63, 3.8) is 0 Å². The maximum atomic E-state index is 12.2. The smallest absolute Gasteiger partial charge is 0.302 e. The van der Waals surface area contributed by atoms with Gasteiger partial charge in [-0.3, -0.25) is 9.59 Å². The van der Waals surface area contributed by atoms with Gasteiger partial charge in [0.15, 0.2) is 5.78 Å². The Labute approximate surface area is 114 Å². The summed E-state index contributed by atoms with van der Waals surface area (Å²) in [6.45, 7) is 7.83. The lowest BCUT2D eigenvalue weighted by molar-refractivity contribution is -0.140. The van der Waals surface area contributed by atoms with E-state index in [9.17, 15) is 9.59 Å². The molecule has 1 aliphatic rings. The van der Waals surface area contributed by atoms with Crippen LogP contribution in [-0.4, -0.2) is 18.4 Å². The van der Waals surface area contributed by atoms with E-state index in [1.165, 1.54) is 18.1 Å². The molecular weight excluding hydrogens is 240 g/mol. The van der Waals surface area contributed by atoms with Gasteiger partial charge < -0.3 is 4.74 Å². The molecule has 0 heterocycles. The Hall–Kier alpha value is -1.64. The molecular formula is C16H20O3. The van der Waals surface area contributed by atoms with Crippen LogP contribution in [0.1, 0.15) is 46.5 Å². The number of ether oxygens (including phenoxy) is 1. The number of hydrogen-bond donors (Lipinski definition) is 0. The van der Waals surface area contributed by atoms with Crippen molar-refractivity contribution in [3.8, 4) is 0 Å². The summed E-state index contributed by atoms with van der Waals surface area (Å²) in [7, 11) is 0. The highest BCUT2D eigenvalue weighted by molar-refractivity contribution is 6.03. The van der Waals surface area contributed by atoms with Crippen LogP contribution in [0.5, 0.6) is 0 Å². The number of benzene rings is 1. The molecule has 3 nitrogen and oxygen atoms in total. The highest BCUT2D eigenvalue weighted by atomic mass is 16.5. The summed E-state index contributed by atoms with van der Waals surface area (Å²) in [6, 6.07) is 2.12. The standard InChI is InChI=1S/C16H20O3/c1-9-7-13-8-10(2)16(18)15(13)11(3)14(9)5-6-19-12(4)17/h7,10H,5-6,8H2,1-4H3/t10-/m1/s1. The second kappa shape index (κ2) is 5.16. The van der Waals surface area contributed by atoms with Crippen LogP contribution in [0.3, 0.4) is 0 Å². The van der Waals surface area contributed by atoms with Crippen LogP contribution in [-0.2, 0) is 22.4 Å². The lowest BCUT2D eigenvalue weighted by atomic mass is 9.92. The lowest BCUT2D eigenvalue weighted by Crippen LogP contribution is -2.09. The SMILES string of the molecule is CC(=O)OCCc1c(C)cc2c(c1C)C(=O)[C@H](C)C2. The average Bonchev–Trinajstić information content (AvgIpc) is 2.59. The fourth-order valence-electron chi connectivity index (χ4n) is 2.96. The van der Waals surface area contributed by atoms with Crippen LogP contribution in [0.2, 0.25) is 0 Å². The fourth-order valence-corrected chi connectivity index (χ4v) is 2.96. The first-order valence-corrected chi connectivity index (χ1v) is 6.71. The highest BCUT2D eigenvalue weighted by Gasteiger charge is 2.30. The first-order valence-electron chi connectivity index (χ1n) is 6.71. The van der Waals surface area contributed by atoms with E-state index in [1.54, 1.807) is 0 Å². The average molecular weight is 260 g/mol. The van der Waals surface area contributed by atoms with Gasteiger partial charge in [-0.25, -0.2) is 0 Å². The summed E-state index contributed by atoms with van der Waals surface area (Å²) in [5, 5.41) is 0. The van der Waals surface area contributed by atoms with Crippen molar-refractivity contribution in [2.45, 2.75) is 40.5 Å². The lowest BCUT2D eigenvalue weighted by Gasteiger charge is -2.14. The molecule has 1 aromatic carbocycles. The highest BCUT2D eigenvalue weighted by Crippen LogP contribution is 2.32. The van der Waals surface area contributed by atoms with Gasteiger partial charge in [-0.2, -0.15) is 0 Å². The van der Waals surface area contributed by atoms with Gasteiger partial charge in [-0.15, -0.1) is 0 Å². The normalized spacial score (nSPS) is 17.5. The number of carbonyl (C=O) groups is 2. The molecule has 0 saturated carbocycles. The molecule has 3 heteroatoms. The maximum absolute atomic E-state index is 12.2.